The zero-order chi connectivity index (χ0) is 12.1. The van der Waals surface area contributed by atoms with Crippen LogP contribution in [-0.2, 0) is 6.54 Å². The van der Waals surface area contributed by atoms with E-state index in [0.29, 0.717) is 12.4 Å². The molecule has 17 heavy (non-hydrogen) atoms. The van der Waals surface area contributed by atoms with Gasteiger partial charge in [0.15, 0.2) is 0 Å². The molecule has 0 aliphatic carbocycles. The first-order valence-electron chi connectivity index (χ1n) is 5.51. The van der Waals surface area contributed by atoms with Gasteiger partial charge in [0.1, 0.15) is 0 Å². The second-order valence-corrected chi connectivity index (χ2v) is 4.07. The second kappa shape index (κ2) is 5.64. The molecular weight excluding hydrogens is 236 g/mol. The van der Waals surface area contributed by atoms with Gasteiger partial charge < -0.3 is 0 Å². The maximum absolute atomic E-state index is 11.6. The van der Waals surface area contributed by atoms with E-state index in [1.807, 2.05) is 30.3 Å². The number of aromatic nitrogens is 2. The largest absolute Gasteiger partial charge is 0.268 e. The maximum atomic E-state index is 11.6. The summed E-state index contributed by atoms with van der Waals surface area (Å²) in [5.74, 6) is 0.531. The van der Waals surface area contributed by atoms with Crippen LogP contribution in [0.15, 0.2) is 47.3 Å². The Morgan fingerprint density at radius 2 is 1.88 bits per heavy atom. The van der Waals surface area contributed by atoms with E-state index in [2.05, 4.69) is 5.10 Å². The fraction of sp³-hybridized carbons (Fsp3) is 0.231. The number of hydrogen-bond acceptors (Lipinski definition) is 2. The van der Waals surface area contributed by atoms with Crippen molar-refractivity contribution in [1.82, 2.24) is 9.78 Å². The molecule has 3 nitrogen and oxygen atoms in total. The van der Waals surface area contributed by atoms with Gasteiger partial charge in [0.2, 0.25) is 0 Å². The third kappa shape index (κ3) is 2.94. The van der Waals surface area contributed by atoms with E-state index in [1.165, 1.54) is 4.68 Å². The molecule has 0 aliphatic rings. The smallest absolute Gasteiger partial charge is 0.266 e. The van der Waals surface area contributed by atoms with Crippen molar-refractivity contribution in [3.63, 3.8) is 0 Å². The minimum atomic E-state index is -0.0882. The highest BCUT2D eigenvalue weighted by atomic mass is 35.5. The molecule has 0 N–H and O–H groups in total. The third-order valence-electron chi connectivity index (χ3n) is 2.44. The summed E-state index contributed by atoms with van der Waals surface area (Å²) in [5, 5.41) is 4.33. The Bertz CT molecular complexity index is 537. The van der Waals surface area contributed by atoms with Gasteiger partial charge in [-0.25, -0.2) is 4.68 Å². The standard InChI is InChI=1S/C13H13ClN2O/c14-9-4-10-16-13(17)8-7-12(15-16)11-5-2-1-3-6-11/h1-3,5-8H,4,9-10H2. The summed E-state index contributed by atoms with van der Waals surface area (Å²) in [6.45, 7) is 0.559. The fourth-order valence-electron chi connectivity index (χ4n) is 1.58. The van der Waals surface area contributed by atoms with Crippen molar-refractivity contribution in [1.29, 1.82) is 0 Å². The van der Waals surface area contributed by atoms with Crippen LogP contribution in [0.5, 0.6) is 0 Å². The van der Waals surface area contributed by atoms with Crippen molar-refractivity contribution in [2.45, 2.75) is 13.0 Å². The Balaban J connectivity index is 2.34. The quantitative estimate of drug-likeness (QED) is 0.780. The molecule has 0 saturated heterocycles. The predicted octanol–water partition coefficient (Wildman–Crippen LogP) is 2.54. The van der Waals surface area contributed by atoms with Gasteiger partial charge in [0.05, 0.1) is 5.69 Å². The minimum Gasteiger partial charge on any atom is -0.268 e. The lowest BCUT2D eigenvalue weighted by molar-refractivity contribution is 0.572. The molecule has 1 aromatic carbocycles. The summed E-state index contributed by atoms with van der Waals surface area (Å²) in [4.78, 5) is 11.6. The predicted molar refractivity (Wildman–Crippen MR) is 69.3 cm³/mol. The molecule has 0 unspecified atom stereocenters. The van der Waals surface area contributed by atoms with E-state index < -0.39 is 0 Å². The molecule has 0 fully saturated rings. The number of benzene rings is 1. The summed E-state index contributed by atoms with van der Waals surface area (Å²) < 4.78 is 1.46. The van der Waals surface area contributed by atoms with Gasteiger partial charge in [-0.2, -0.15) is 5.10 Å². The van der Waals surface area contributed by atoms with Crippen LogP contribution >= 0.6 is 11.6 Å². The third-order valence-corrected chi connectivity index (χ3v) is 2.71. The van der Waals surface area contributed by atoms with E-state index in [-0.39, 0.29) is 5.56 Å². The lowest BCUT2D eigenvalue weighted by Gasteiger charge is -2.05. The first-order valence-corrected chi connectivity index (χ1v) is 6.04. The highest BCUT2D eigenvalue weighted by Crippen LogP contribution is 2.13. The number of hydrogen-bond donors (Lipinski definition) is 0. The minimum absolute atomic E-state index is 0.0882. The molecule has 0 atom stereocenters. The number of alkyl halides is 1. The first kappa shape index (κ1) is 11.9. The van der Waals surface area contributed by atoms with Crippen molar-refractivity contribution < 1.29 is 0 Å². The summed E-state index contributed by atoms with van der Waals surface area (Å²) in [7, 11) is 0. The number of aryl methyl sites for hydroxylation is 1. The summed E-state index contributed by atoms with van der Waals surface area (Å²) in [6, 6.07) is 13.1. The van der Waals surface area contributed by atoms with E-state index in [1.54, 1.807) is 12.1 Å². The van der Waals surface area contributed by atoms with Crippen LogP contribution in [0.3, 0.4) is 0 Å². The van der Waals surface area contributed by atoms with Gasteiger partial charge in [-0.3, -0.25) is 4.79 Å². The van der Waals surface area contributed by atoms with Gasteiger partial charge in [-0.1, -0.05) is 30.3 Å². The molecule has 88 valence electrons. The highest BCUT2D eigenvalue weighted by molar-refractivity contribution is 6.17. The molecule has 0 spiro atoms. The van der Waals surface area contributed by atoms with Gasteiger partial charge >= 0.3 is 0 Å². The molecule has 0 radical (unpaired) electrons. The van der Waals surface area contributed by atoms with Crippen LogP contribution in [0.25, 0.3) is 11.3 Å². The molecule has 2 rings (SSSR count). The van der Waals surface area contributed by atoms with Crippen LogP contribution in [0.2, 0.25) is 0 Å². The highest BCUT2D eigenvalue weighted by Gasteiger charge is 2.02. The van der Waals surface area contributed by atoms with Crippen molar-refractivity contribution in [2.75, 3.05) is 5.88 Å². The summed E-state index contributed by atoms with van der Waals surface area (Å²) in [6.07, 6.45) is 0.743. The Hall–Kier alpha value is -1.61. The normalized spacial score (nSPS) is 10.4. The van der Waals surface area contributed by atoms with Crippen LogP contribution in [0, 0.1) is 0 Å². The zero-order valence-corrected chi connectivity index (χ0v) is 10.1. The maximum Gasteiger partial charge on any atom is 0.266 e. The Kier molecular flexibility index (Phi) is 3.94. The Morgan fingerprint density at radius 3 is 2.59 bits per heavy atom. The average molecular weight is 249 g/mol. The van der Waals surface area contributed by atoms with Crippen LogP contribution < -0.4 is 5.56 Å². The van der Waals surface area contributed by atoms with E-state index in [4.69, 9.17) is 11.6 Å². The van der Waals surface area contributed by atoms with E-state index in [0.717, 1.165) is 17.7 Å². The second-order valence-electron chi connectivity index (χ2n) is 3.69. The van der Waals surface area contributed by atoms with Crippen molar-refractivity contribution in [3.8, 4) is 11.3 Å². The Labute approximate surface area is 105 Å². The topological polar surface area (TPSA) is 34.9 Å². The molecule has 1 aromatic heterocycles. The lowest BCUT2D eigenvalue weighted by atomic mass is 10.1. The van der Waals surface area contributed by atoms with Gasteiger partial charge in [-0.05, 0) is 12.5 Å². The van der Waals surface area contributed by atoms with Gasteiger partial charge in [0.25, 0.3) is 5.56 Å². The van der Waals surface area contributed by atoms with Crippen molar-refractivity contribution in [3.05, 3.63) is 52.8 Å². The van der Waals surface area contributed by atoms with E-state index >= 15 is 0 Å². The molecule has 2 aromatic rings. The monoisotopic (exact) mass is 248 g/mol. The molecule has 0 aliphatic heterocycles. The van der Waals surface area contributed by atoms with E-state index in [9.17, 15) is 4.79 Å². The molecule has 1 heterocycles. The van der Waals surface area contributed by atoms with Gasteiger partial charge in [-0.15, -0.1) is 11.6 Å². The molecule has 4 heteroatoms. The molecular formula is C13H13ClN2O. The summed E-state index contributed by atoms with van der Waals surface area (Å²) in [5.41, 5.74) is 1.72. The van der Waals surface area contributed by atoms with Crippen LogP contribution in [-0.4, -0.2) is 15.7 Å². The fourth-order valence-corrected chi connectivity index (χ4v) is 1.70. The average Bonchev–Trinajstić information content (AvgIpc) is 2.39. The summed E-state index contributed by atoms with van der Waals surface area (Å²) >= 11 is 5.62. The molecule has 0 saturated carbocycles. The number of rotatable bonds is 4. The van der Waals surface area contributed by atoms with Gasteiger partial charge in [0, 0.05) is 24.1 Å². The first-order chi connectivity index (χ1) is 8.31. The zero-order valence-electron chi connectivity index (χ0n) is 9.34. The Morgan fingerprint density at radius 1 is 1.12 bits per heavy atom. The molecule has 0 bridgehead atoms. The SMILES string of the molecule is O=c1ccc(-c2ccccc2)nn1CCCCl. The van der Waals surface area contributed by atoms with Crippen LogP contribution in [0.4, 0.5) is 0 Å². The number of nitrogens with zero attached hydrogens (tertiary/aromatic N) is 2. The van der Waals surface area contributed by atoms with Crippen LogP contribution in [0.1, 0.15) is 6.42 Å². The number of halogens is 1. The van der Waals surface area contributed by atoms with Crippen molar-refractivity contribution >= 4 is 11.6 Å². The lowest BCUT2D eigenvalue weighted by Crippen LogP contribution is -2.22. The molecule has 0 amide bonds. The van der Waals surface area contributed by atoms with Crippen molar-refractivity contribution in [2.24, 2.45) is 0 Å².